The zero-order chi connectivity index (χ0) is 20.7. The smallest absolute Gasteiger partial charge is 0.241 e. The monoisotopic (exact) mass is 429 g/mol. The molecule has 2 N–H and O–H groups in total. The third-order valence-electron chi connectivity index (χ3n) is 5.18. The first-order valence-corrected chi connectivity index (χ1v) is 11.8. The van der Waals surface area contributed by atoms with Crippen molar-refractivity contribution in [1.82, 2.24) is 14.9 Å². The lowest BCUT2D eigenvalue weighted by molar-refractivity contribution is -0.123. The summed E-state index contributed by atoms with van der Waals surface area (Å²) in [7, 11) is -3.80. The average Bonchev–Trinajstić information content (AvgIpc) is 2.64. The molecule has 1 amide bonds. The van der Waals surface area contributed by atoms with E-state index in [2.05, 4.69) is 21.9 Å². The van der Waals surface area contributed by atoms with Gasteiger partial charge in [-0.3, -0.25) is 4.79 Å². The Balaban J connectivity index is 1.85. The number of amides is 1. The molecule has 1 atom stereocenters. The topological polar surface area (TPSA) is 78.5 Å². The molecule has 0 radical (unpaired) electrons. The summed E-state index contributed by atoms with van der Waals surface area (Å²) in [6, 6.07) is 5.07. The van der Waals surface area contributed by atoms with E-state index in [1.807, 2.05) is 13.8 Å². The van der Waals surface area contributed by atoms with Crippen molar-refractivity contribution in [3.05, 3.63) is 29.3 Å². The average molecular weight is 430 g/mol. The van der Waals surface area contributed by atoms with E-state index in [9.17, 15) is 13.2 Å². The summed E-state index contributed by atoms with van der Waals surface area (Å²) in [6.07, 6.45) is 3.32. The maximum Gasteiger partial charge on any atom is 0.241 e. The lowest BCUT2D eigenvalue weighted by atomic mass is 9.99. The Morgan fingerprint density at radius 1 is 1.21 bits per heavy atom. The van der Waals surface area contributed by atoms with Crippen LogP contribution in [0.25, 0.3) is 0 Å². The molecule has 1 aliphatic rings. The van der Waals surface area contributed by atoms with Crippen molar-refractivity contribution in [2.24, 2.45) is 11.8 Å². The van der Waals surface area contributed by atoms with Crippen LogP contribution in [-0.4, -0.2) is 51.4 Å². The van der Waals surface area contributed by atoms with Gasteiger partial charge in [-0.05, 0) is 75.0 Å². The number of carbonyl (C=O) groups is 1. The minimum absolute atomic E-state index is 0.0923. The highest BCUT2D eigenvalue weighted by Crippen LogP contribution is 2.17. The van der Waals surface area contributed by atoms with Gasteiger partial charge in [-0.25, -0.2) is 8.42 Å². The van der Waals surface area contributed by atoms with Crippen LogP contribution < -0.4 is 10.0 Å². The van der Waals surface area contributed by atoms with Crippen molar-refractivity contribution in [1.29, 1.82) is 0 Å². The van der Waals surface area contributed by atoms with Gasteiger partial charge in [0, 0.05) is 11.6 Å². The van der Waals surface area contributed by atoms with E-state index in [1.54, 1.807) is 0 Å². The molecular formula is C20H32ClN3O3S. The second-order valence-electron chi connectivity index (χ2n) is 7.97. The minimum Gasteiger partial charge on any atom is -0.355 e. The van der Waals surface area contributed by atoms with Gasteiger partial charge >= 0.3 is 0 Å². The third kappa shape index (κ3) is 7.03. The summed E-state index contributed by atoms with van der Waals surface area (Å²) < 4.78 is 27.7. The number of benzene rings is 1. The Morgan fingerprint density at radius 2 is 1.82 bits per heavy atom. The molecule has 1 saturated heterocycles. The standard InChI is InChI=1S/C20H32ClN3O3S/c1-15(2)19(23-28(26,27)18-7-5-17(21)6-8-18)20(25)22-11-4-12-24-13-9-16(3)10-14-24/h5-8,15-16,19,23H,4,9-14H2,1-3H3,(H,22,25)/t19-/m0/s1. The molecule has 8 heteroatoms. The van der Waals surface area contributed by atoms with Gasteiger partial charge in [-0.2, -0.15) is 4.72 Å². The van der Waals surface area contributed by atoms with Crippen molar-refractivity contribution in [2.75, 3.05) is 26.2 Å². The molecule has 2 rings (SSSR count). The fourth-order valence-corrected chi connectivity index (χ4v) is 4.72. The maximum atomic E-state index is 12.6. The molecule has 1 fully saturated rings. The molecule has 0 saturated carbocycles. The highest BCUT2D eigenvalue weighted by Gasteiger charge is 2.28. The first kappa shape index (κ1) is 23.1. The summed E-state index contributed by atoms with van der Waals surface area (Å²) in [5.41, 5.74) is 0. The van der Waals surface area contributed by atoms with Crippen molar-refractivity contribution in [3.63, 3.8) is 0 Å². The third-order valence-corrected chi connectivity index (χ3v) is 6.89. The van der Waals surface area contributed by atoms with Crippen LogP contribution in [0.5, 0.6) is 0 Å². The van der Waals surface area contributed by atoms with E-state index in [0.29, 0.717) is 11.6 Å². The van der Waals surface area contributed by atoms with Gasteiger partial charge in [0.1, 0.15) is 6.04 Å². The van der Waals surface area contributed by atoms with Crippen molar-refractivity contribution in [2.45, 2.75) is 51.0 Å². The molecule has 1 aromatic rings. The van der Waals surface area contributed by atoms with E-state index >= 15 is 0 Å². The summed E-state index contributed by atoms with van der Waals surface area (Å²) >= 11 is 5.82. The van der Waals surface area contributed by atoms with Gasteiger partial charge in [0.2, 0.25) is 15.9 Å². The Morgan fingerprint density at radius 3 is 2.39 bits per heavy atom. The van der Waals surface area contributed by atoms with E-state index in [0.717, 1.165) is 32.0 Å². The second kappa shape index (κ2) is 10.6. The predicted molar refractivity (Wildman–Crippen MR) is 113 cm³/mol. The van der Waals surface area contributed by atoms with E-state index < -0.39 is 16.1 Å². The van der Waals surface area contributed by atoms with Gasteiger partial charge in [-0.15, -0.1) is 0 Å². The molecule has 0 unspecified atom stereocenters. The summed E-state index contributed by atoms with van der Waals surface area (Å²) in [5.74, 6) is 0.335. The second-order valence-corrected chi connectivity index (χ2v) is 10.1. The molecule has 0 aromatic heterocycles. The normalized spacial score (nSPS) is 17.6. The van der Waals surface area contributed by atoms with Crippen LogP contribution in [0.15, 0.2) is 29.2 Å². The number of halogens is 1. The van der Waals surface area contributed by atoms with Gasteiger partial charge in [0.15, 0.2) is 0 Å². The van der Waals surface area contributed by atoms with Crippen LogP contribution in [0, 0.1) is 11.8 Å². The highest BCUT2D eigenvalue weighted by molar-refractivity contribution is 7.89. The van der Waals surface area contributed by atoms with Crippen molar-refractivity contribution < 1.29 is 13.2 Å². The number of carbonyl (C=O) groups excluding carboxylic acids is 1. The number of likely N-dealkylation sites (tertiary alicyclic amines) is 1. The lowest BCUT2D eigenvalue weighted by Gasteiger charge is -2.30. The van der Waals surface area contributed by atoms with Crippen LogP contribution in [0.1, 0.15) is 40.0 Å². The Bertz CT molecular complexity index is 730. The lowest BCUT2D eigenvalue weighted by Crippen LogP contribution is -2.50. The largest absolute Gasteiger partial charge is 0.355 e. The first-order chi connectivity index (χ1) is 13.2. The zero-order valence-corrected chi connectivity index (χ0v) is 18.5. The van der Waals surface area contributed by atoms with Gasteiger partial charge in [-0.1, -0.05) is 32.4 Å². The molecule has 0 aliphatic carbocycles. The van der Waals surface area contributed by atoms with Gasteiger partial charge < -0.3 is 10.2 Å². The number of hydrogen-bond donors (Lipinski definition) is 2. The molecule has 158 valence electrons. The van der Waals surface area contributed by atoms with Crippen molar-refractivity contribution in [3.8, 4) is 0 Å². The number of nitrogens with zero attached hydrogens (tertiary/aromatic N) is 1. The minimum atomic E-state index is -3.80. The Labute approximate surface area is 174 Å². The number of piperidine rings is 1. The van der Waals surface area contributed by atoms with Crippen LogP contribution in [0.4, 0.5) is 0 Å². The quantitative estimate of drug-likeness (QED) is 0.591. The predicted octanol–water partition coefficient (Wildman–Crippen LogP) is 2.88. The van der Waals surface area contributed by atoms with E-state index in [-0.39, 0.29) is 16.7 Å². The summed E-state index contributed by atoms with van der Waals surface area (Å²) in [5, 5.41) is 3.34. The highest BCUT2D eigenvalue weighted by atomic mass is 35.5. The number of rotatable bonds is 9. The number of hydrogen-bond acceptors (Lipinski definition) is 4. The maximum absolute atomic E-state index is 12.6. The van der Waals surface area contributed by atoms with Gasteiger partial charge in [0.05, 0.1) is 4.90 Å². The molecule has 0 bridgehead atoms. The van der Waals surface area contributed by atoms with Crippen LogP contribution in [0.3, 0.4) is 0 Å². The molecule has 6 nitrogen and oxygen atoms in total. The molecule has 0 spiro atoms. The Kier molecular flexibility index (Phi) is 8.74. The van der Waals surface area contributed by atoms with Crippen molar-refractivity contribution >= 4 is 27.5 Å². The van der Waals surface area contributed by atoms with Crippen LogP contribution in [0.2, 0.25) is 5.02 Å². The Hall–Kier alpha value is -1.15. The first-order valence-electron chi connectivity index (χ1n) is 9.97. The van der Waals surface area contributed by atoms with Crippen LogP contribution >= 0.6 is 11.6 Å². The summed E-state index contributed by atoms with van der Waals surface area (Å²) in [6.45, 7) is 9.66. The van der Waals surface area contributed by atoms with Crippen LogP contribution in [-0.2, 0) is 14.8 Å². The van der Waals surface area contributed by atoms with E-state index in [4.69, 9.17) is 11.6 Å². The zero-order valence-electron chi connectivity index (χ0n) is 16.9. The fourth-order valence-electron chi connectivity index (χ4n) is 3.25. The SMILES string of the molecule is CC1CCN(CCCNC(=O)[C@@H](NS(=O)(=O)c2ccc(Cl)cc2)C(C)C)CC1. The van der Waals surface area contributed by atoms with Gasteiger partial charge in [0.25, 0.3) is 0 Å². The molecule has 1 heterocycles. The number of sulfonamides is 1. The fraction of sp³-hybridized carbons (Fsp3) is 0.650. The molecule has 28 heavy (non-hydrogen) atoms. The number of nitrogens with one attached hydrogen (secondary N) is 2. The van der Waals surface area contributed by atoms with E-state index in [1.165, 1.54) is 37.1 Å². The summed E-state index contributed by atoms with van der Waals surface area (Å²) in [4.78, 5) is 15.1. The molecular weight excluding hydrogens is 398 g/mol. The molecule has 1 aromatic carbocycles. The molecule has 1 aliphatic heterocycles.